The molecule has 1 N–H and O–H groups in total. The molecule has 0 spiro atoms. The number of carbonyl (C=O) groups is 2. The largest absolute Gasteiger partial charge is 0.324 e. The number of benzene rings is 2. The Hall–Kier alpha value is -2.62. The fourth-order valence-electron chi connectivity index (χ4n) is 3.20. The molecule has 1 heterocycles. The fraction of sp³-hybridized carbons (Fsp3) is 0.263. The molecule has 3 rings (SSSR count). The number of rotatable bonds is 2. The summed E-state index contributed by atoms with van der Waals surface area (Å²) >= 11 is 0. The van der Waals surface area contributed by atoms with Gasteiger partial charge in [0.15, 0.2) is 0 Å². The van der Waals surface area contributed by atoms with Crippen LogP contribution in [0.4, 0.5) is 11.4 Å². The highest BCUT2D eigenvalue weighted by Gasteiger charge is 2.36. The van der Waals surface area contributed by atoms with Gasteiger partial charge in [-0.05, 0) is 36.6 Å². The van der Waals surface area contributed by atoms with Crippen molar-refractivity contribution in [3.63, 3.8) is 0 Å². The molecule has 1 unspecified atom stereocenters. The number of nitrogens with zero attached hydrogens (tertiary/aromatic N) is 1. The van der Waals surface area contributed by atoms with E-state index in [4.69, 9.17) is 0 Å². The molecule has 0 saturated carbocycles. The molecule has 0 radical (unpaired) electrons. The van der Waals surface area contributed by atoms with E-state index < -0.39 is 6.04 Å². The van der Waals surface area contributed by atoms with Crippen molar-refractivity contribution in [2.45, 2.75) is 33.2 Å². The average Bonchev–Trinajstić information content (AvgIpc) is 2.90. The van der Waals surface area contributed by atoms with E-state index in [0.717, 1.165) is 28.1 Å². The van der Waals surface area contributed by atoms with Gasteiger partial charge in [0.05, 0.1) is 0 Å². The van der Waals surface area contributed by atoms with Crippen LogP contribution in [0.1, 0.15) is 23.6 Å². The van der Waals surface area contributed by atoms with E-state index in [9.17, 15) is 9.59 Å². The Balaban J connectivity index is 1.90. The summed E-state index contributed by atoms with van der Waals surface area (Å²) in [4.78, 5) is 26.4. The van der Waals surface area contributed by atoms with Gasteiger partial charge in [-0.3, -0.25) is 14.5 Å². The maximum absolute atomic E-state index is 12.8. The van der Waals surface area contributed by atoms with E-state index in [1.807, 2.05) is 56.3 Å². The monoisotopic (exact) mass is 308 g/mol. The van der Waals surface area contributed by atoms with Crippen LogP contribution in [0, 0.1) is 13.8 Å². The van der Waals surface area contributed by atoms with Gasteiger partial charge in [-0.15, -0.1) is 0 Å². The molecule has 2 aromatic carbocycles. The van der Waals surface area contributed by atoms with Gasteiger partial charge in [0, 0.05) is 24.7 Å². The van der Waals surface area contributed by atoms with Crippen LogP contribution in [-0.4, -0.2) is 17.9 Å². The zero-order valence-corrected chi connectivity index (χ0v) is 13.6. The molecule has 1 aliphatic heterocycles. The lowest BCUT2D eigenvalue weighted by Crippen LogP contribution is -2.44. The minimum atomic E-state index is -0.496. The number of aryl methyl sites for hydroxylation is 2. The summed E-state index contributed by atoms with van der Waals surface area (Å²) in [5.74, 6) is -0.259. The van der Waals surface area contributed by atoms with Crippen molar-refractivity contribution in [2.24, 2.45) is 0 Å². The van der Waals surface area contributed by atoms with Crippen LogP contribution in [0.3, 0.4) is 0 Å². The Morgan fingerprint density at radius 2 is 1.70 bits per heavy atom. The van der Waals surface area contributed by atoms with Crippen molar-refractivity contribution >= 4 is 23.2 Å². The van der Waals surface area contributed by atoms with Crippen molar-refractivity contribution in [3.8, 4) is 0 Å². The Kier molecular flexibility index (Phi) is 3.90. The summed E-state index contributed by atoms with van der Waals surface area (Å²) in [6.07, 6.45) is 0.548. The molecule has 1 aliphatic rings. The van der Waals surface area contributed by atoms with Gasteiger partial charge in [0.1, 0.15) is 6.04 Å². The van der Waals surface area contributed by atoms with Crippen LogP contribution < -0.4 is 10.2 Å². The summed E-state index contributed by atoms with van der Waals surface area (Å²) in [5.41, 5.74) is 4.73. The highest BCUT2D eigenvalue weighted by atomic mass is 16.2. The Bertz CT molecular complexity index is 762. The first-order chi connectivity index (χ1) is 11.0. The summed E-state index contributed by atoms with van der Waals surface area (Å²) in [6, 6.07) is 13.1. The topological polar surface area (TPSA) is 49.4 Å². The molecule has 4 nitrogen and oxygen atoms in total. The van der Waals surface area contributed by atoms with Gasteiger partial charge >= 0.3 is 0 Å². The maximum atomic E-state index is 12.8. The van der Waals surface area contributed by atoms with Gasteiger partial charge in [-0.25, -0.2) is 0 Å². The van der Waals surface area contributed by atoms with Gasteiger partial charge < -0.3 is 5.32 Å². The summed E-state index contributed by atoms with van der Waals surface area (Å²) in [6.45, 7) is 5.44. The van der Waals surface area contributed by atoms with Gasteiger partial charge in [0.2, 0.25) is 11.8 Å². The molecule has 0 aromatic heterocycles. The number of carbonyl (C=O) groups excluding carboxylic acids is 2. The number of hydrogen-bond acceptors (Lipinski definition) is 2. The molecular formula is C19H20N2O2. The first-order valence-electron chi connectivity index (χ1n) is 7.74. The van der Waals surface area contributed by atoms with Gasteiger partial charge in [0.25, 0.3) is 0 Å². The molecule has 0 bridgehead atoms. The normalized spacial score (nSPS) is 16.1. The molecule has 23 heavy (non-hydrogen) atoms. The smallest absolute Gasteiger partial charge is 0.247 e. The predicted molar refractivity (Wildman–Crippen MR) is 91.6 cm³/mol. The molecule has 0 aliphatic carbocycles. The highest BCUT2D eigenvalue weighted by Crippen LogP contribution is 2.33. The standard InChI is InChI=1S/C19H20N2O2/c1-12-7-6-8-13(2)18(12)20-19(23)17-11-15-9-4-5-10-16(15)21(17)14(3)22/h4-10,17H,11H2,1-3H3,(H,20,23). The van der Waals surface area contributed by atoms with Crippen molar-refractivity contribution in [1.82, 2.24) is 0 Å². The minimum Gasteiger partial charge on any atom is -0.324 e. The van der Waals surface area contributed by atoms with E-state index in [1.54, 1.807) is 4.90 Å². The molecule has 118 valence electrons. The van der Waals surface area contributed by atoms with E-state index in [2.05, 4.69) is 5.32 Å². The highest BCUT2D eigenvalue weighted by molar-refractivity contribution is 6.07. The molecule has 4 heteroatoms. The number of hydrogen-bond donors (Lipinski definition) is 1. The van der Waals surface area contributed by atoms with E-state index in [1.165, 1.54) is 6.92 Å². The van der Waals surface area contributed by atoms with E-state index >= 15 is 0 Å². The van der Waals surface area contributed by atoms with E-state index in [0.29, 0.717) is 6.42 Å². The second-order valence-corrected chi connectivity index (χ2v) is 5.99. The summed E-state index contributed by atoms with van der Waals surface area (Å²) < 4.78 is 0. The van der Waals surface area contributed by atoms with Crippen LogP contribution in [0.5, 0.6) is 0 Å². The Morgan fingerprint density at radius 1 is 1.04 bits per heavy atom. The summed E-state index contributed by atoms with van der Waals surface area (Å²) in [5, 5.41) is 3.01. The van der Waals surface area contributed by atoms with Gasteiger partial charge in [-0.1, -0.05) is 36.4 Å². The minimum absolute atomic E-state index is 0.114. The lowest BCUT2D eigenvalue weighted by Gasteiger charge is -2.24. The lowest BCUT2D eigenvalue weighted by molar-refractivity contribution is -0.122. The zero-order chi connectivity index (χ0) is 16.6. The third-order valence-corrected chi connectivity index (χ3v) is 4.35. The zero-order valence-electron chi connectivity index (χ0n) is 13.6. The SMILES string of the molecule is CC(=O)N1c2ccccc2CC1C(=O)Nc1c(C)cccc1C. The van der Waals surface area contributed by atoms with E-state index in [-0.39, 0.29) is 11.8 Å². The second-order valence-electron chi connectivity index (χ2n) is 5.99. The molecule has 2 amide bonds. The predicted octanol–water partition coefficient (Wildman–Crippen LogP) is 3.22. The average molecular weight is 308 g/mol. The quantitative estimate of drug-likeness (QED) is 0.926. The Labute approximate surface area is 136 Å². The Morgan fingerprint density at radius 3 is 2.35 bits per heavy atom. The second kappa shape index (κ2) is 5.88. The van der Waals surface area contributed by atoms with Gasteiger partial charge in [-0.2, -0.15) is 0 Å². The van der Waals surface area contributed by atoms with Crippen LogP contribution in [0.15, 0.2) is 42.5 Å². The van der Waals surface area contributed by atoms with Crippen LogP contribution in [0.2, 0.25) is 0 Å². The first-order valence-corrected chi connectivity index (χ1v) is 7.74. The number of para-hydroxylation sites is 2. The van der Waals surface area contributed by atoms with Crippen LogP contribution >= 0.6 is 0 Å². The van der Waals surface area contributed by atoms with Crippen LogP contribution in [0.25, 0.3) is 0 Å². The van der Waals surface area contributed by atoms with Crippen molar-refractivity contribution in [2.75, 3.05) is 10.2 Å². The number of fused-ring (bicyclic) bond motifs is 1. The lowest BCUT2D eigenvalue weighted by atomic mass is 10.1. The fourth-order valence-corrected chi connectivity index (χ4v) is 3.20. The molecular weight excluding hydrogens is 288 g/mol. The summed E-state index contributed by atoms with van der Waals surface area (Å²) in [7, 11) is 0. The maximum Gasteiger partial charge on any atom is 0.247 e. The molecule has 0 fully saturated rings. The third kappa shape index (κ3) is 2.72. The number of nitrogens with one attached hydrogen (secondary N) is 1. The molecule has 0 saturated heterocycles. The van der Waals surface area contributed by atoms with Crippen molar-refractivity contribution in [3.05, 3.63) is 59.2 Å². The van der Waals surface area contributed by atoms with Crippen molar-refractivity contribution in [1.29, 1.82) is 0 Å². The third-order valence-electron chi connectivity index (χ3n) is 4.35. The van der Waals surface area contributed by atoms with Crippen LogP contribution in [-0.2, 0) is 16.0 Å². The first kappa shape index (κ1) is 15.3. The molecule has 2 aromatic rings. The number of amides is 2. The number of anilines is 2. The van der Waals surface area contributed by atoms with Crippen molar-refractivity contribution < 1.29 is 9.59 Å². The molecule has 1 atom stereocenters.